The fourth-order valence-electron chi connectivity index (χ4n) is 4.76. The fraction of sp³-hybridized carbons (Fsp3) is 0.483. The van der Waals surface area contributed by atoms with Crippen molar-refractivity contribution in [2.45, 2.75) is 58.2 Å². The summed E-state index contributed by atoms with van der Waals surface area (Å²) in [6.45, 7) is 6.83. The molecule has 9 nitrogen and oxygen atoms in total. The van der Waals surface area contributed by atoms with Crippen molar-refractivity contribution < 1.29 is 23.1 Å². The van der Waals surface area contributed by atoms with E-state index in [1.54, 1.807) is 6.20 Å². The number of nitrogens with two attached hydrogens (primary N) is 1. The van der Waals surface area contributed by atoms with Gasteiger partial charge in [0.1, 0.15) is 12.1 Å². The van der Waals surface area contributed by atoms with Gasteiger partial charge in [-0.2, -0.15) is 8.78 Å². The first kappa shape index (κ1) is 31.0. The van der Waals surface area contributed by atoms with Crippen LogP contribution >= 0.6 is 0 Å². The van der Waals surface area contributed by atoms with E-state index in [0.29, 0.717) is 19.5 Å². The number of carbonyl (C=O) groups is 2. The topological polar surface area (TPSA) is 115 Å². The Morgan fingerprint density at radius 3 is 2.38 bits per heavy atom. The van der Waals surface area contributed by atoms with Crippen LogP contribution in [0.1, 0.15) is 38.8 Å². The maximum Gasteiger partial charge on any atom is 0.315 e. The second kappa shape index (κ2) is 15.3. The number of aromatic nitrogens is 3. The van der Waals surface area contributed by atoms with Crippen LogP contribution in [0.4, 0.5) is 14.6 Å². The van der Waals surface area contributed by atoms with Crippen molar-refractivity contribution in [1.29, 1.82) is 0 Å². The Morgan fingerprint density at radius 2 is 1.73 bits per heavy atom. The van der Waals surface area contributed by atoms with E-state index >= 15 is 0 Å². The molecule has 216 valence electrons. The molecule has 2 N–H and O–H groups in total. The van der Waals surface area contributed by atoms with Gasteiger partial charge in [-0.25, -0.2) is 9.97 Å². The number of hydrogen-bond acceptors (Lipinski definition) is 8. The quantitative estimate of drug-likeness (QED) is 0.471. The maximum atomic E-state index is 11.8. The Labute approximate surface area is 233 Å². The smallest absolute Gasteiger partial charge is 0.315 e. The number of aldehydes is 1. The van der Waals surface area contributed by atoms with E-state index in [0.717, 1.165) is 72.4 Å². The SMILES string of the molecule is CC1CN(c2cccc(-c3ccc4cnc(CC=O)cc4n3)n2)CC(C)O1.CN.O=C(C(F)F)N1CCCCC1. The molecule has 0 bridgehead atoms. The van der Waals surface area contributed by atoms with Crippen LogP contribution in [-0.2, 0) is 20.7 Å². The molecule has 40 heavy (non-hydrogen) atoms. The first-order valence-electron chi connectivity index (χ1n) is 13.6. The molecule has 0 aromatic carbocycles. The minimum absolute atomic E-state index is 0.182. The molecule has 2 fully saturated rings. The number of morpholine rings is 1. The van der Waals surface area contributed by atoms with Crippen molar-refractivity contribution in [2.24, 2.45) is 5.73 Å². The summed E-state index contributed by atoms with van der Waals surface area (Å²) in [5.74, 6) is -0.0718. The number of likely N-dealkylation sites (tertiary alicyclic amines) is 1. The molecule has 3 aromatic rings. The molecule has 0 saturated carbocycles. The Morgan fingerprint density at radius 1 is 1.05 bits per heavy atom. The van der Waals surface area contributed by atoms with Gasteiger partial charge < -0.3 is 25.1 Å². The minimum Gasteiger partial charge on any atom is -0.372 e. The first-order chi connectivity index (χ1) is 19.3. The van der Waals surface area contributed by atoms with Crippen molar-refractivity contribution >= 4 is 28.9 Å². The van der Waals surface area contributed by atoms with Crippen LogP contribution in [0.25, 0.3) is 22.3 Å². The molecule has 0 aliphatic carbocycles. The van der Waals surface area contributed by atoms with E-state index in [4.69, 9.17) is 14.7 Å². The highest BCUT2D eigenvalue weighted by Gasteiger charge is 2.24. The molecular weight excluding hydrogens is 518 g/mol. The van der Waals surface area contributed by atoms with Crippen LogP contribution in [0.2, 0.25) is 0 Å². The van der Waals surface area contributed by atoms with Crippen molar-refractivity contribution in [1.82, 2.24) is 19.9 Å². The molecule has 11 heteroatoms. The number of pyridine rings is 3. The third kappa shape index (κ3) is 8.46. The Balaban J connectivity index is 0.000000285. The summed E-state index contributed by atoms with van der Waals surface area (Å²) in [7, 11) is 1.50. The van der Waals surface area contributed by atoms with Crippen LogP contribution in [0.3, 0.4) is 0 Å². The Hall–Kier alpha value is -3.57. The second-order valence-corrected chi connectivity index (χ2v) is 9.67. The third-order valence-corrected chi connectivity index (χ3v) is 6.52. The zero-order valence-corrected chi connectivity index (χ0v) is 23.3. The highest BCUT2D eigenvalue weighted by molar-refractivity contribution is 5.81. The molecule has 5 rings (SSSR count). The van der Waals surface area contributed by atoms with E-state index in [2.05, 4.69) is 29.5 Å². The zero-order valence-electron chi connectivity index (χ0n) is 23.3. The van der Waals surface area contributed by atoms with Gasteiger partial charge in [0.2, 0.25) is 0 Å². The lowest BCUT2D eigenvalue weighted by atomic mass is 10.1. The number of piperidine rings is 1. The average Bonchev–Trinajstić information content (AvgIpc) is 2.98. The standard InChI is InChI=1S/C21H22N4O2.C7H11F2NO.CH5N/c1-14-12-25(13-15(2)27-14)21-5-3-4-18(24-21)19-7-6-16-11-22-17(8-9-26)10-20(16)23-19;8-6(9)7(11)10-4-2-1-3-5-10;1-2/h3-7,9-11,14-15H,8,12-13H2,1-2H3;6H,1-5H2;2H2,1H3. The fourth-order valence-corrected chi connectivity index (χ4v) is 4.76. The second-order valence-electron chi connectivity index (χ2n) is 9.67. The molecule has 2 saturated heterocycles. The number of nitrogens with zero attached hydrogens (tertiary/aromatic N) is 5. The molecule has 3 aromatic heterocycles. The summed E-state index contributed by atoms with van der Waals surface area (Å²) >= 11 is 0. The Kier molecular flexibility index (Phi) is 11.8. The maximum absolute atomic E-state index is 11.8. The van der Waals surface area contributed by atoms with Gasteiger partial charge in [0, 0.05) is 49.9 Å². The number of anilines is 1. The van der Waals surface area contributed by atoms with Gasteiger partial charge >= 0.3 is 6.43 Å². The van der Waals surface area contributed by atoms with Crippen LogP contribution in [0.15, 0.2) is 42.6 Å². The number of rotatable bonds is 5. The number of alkyl halides is 2. The number of halogens is 2. The van der Waals surface area contributed by atoms with Gasteiger partial charge in [0.05, 0.1) is 29.1 Å². The van der Waals surface area contributed by atoms with Crippen molar-refractivity contribution in [3.05, 3.63) is 48.3 Å². The molecule has 2 atom stereocenters. The van der Waals surface area contributed by atoms with Gasteiger partial charge in [-0.3, -0.25) is 9.78 Å². The highest BCUT2D eigenvalue weighted by atomic mass is 19.3. The van der Waals surface area contributed by atoms with Gasteiger partial charge in [-0.05, 0) is 70.5 Å². The molecule has 2 aliphatic rings. The Bertz CT molecular complexity index is 1250. The predicted molar refractivity (Wildman–Crippen MR) is 151 cm³/mol. The lowest BCUT2D eigenvalue weighted by Crippen LogP contribution is -2.45. The molecule has 2 unspecified atom stereocenters. The summed E-state index contributed by atoms with van der Waals surface area (Å²) in [6, 6.07) is 11.8. The summed E-state index contributed by atoms with van der Waals surface area (Å²) in [5, 5.41) is 0.945. The lowest BCUT2D eigenvalue weighted by Gasteiger charge is -2.36. The molecule has 0 radical (unpaired) electrons. The van der Waals surface area contributed by atoms with E-state index in [1.165, 1.54) is 11.9 Å². The van der Waals surface area contributed by atoms with E-state index in [1.807, 2.05) is 36.4 Å². The van der Waals surface area contributed by atoms with E-state index < -0.39 is 12.3 Å². The largest absolute Gasteiger partial charge is 0.372 e. The summed E-state index contributed by atoms with van der Waals surface area (Å²) < 4.78 is 29.5. The zero-order chi connectivity index (χ0) is 29.1. The van der Waals surface area contributed by atoms with E-state index in [-0.39, 0.29) is 12.2 Å². The van der Waals surface area contributed by atoms with Crippen LogP contribution in [0, 0.1) is 0 Å². The molecule has 2 aliphatic heterocycles. The monoisotopic (exact) mass is 556 g/mol. The lowest BCUT2D eigenvalue weighted by molar-refractivity contribution is -0.143. The number of fused-ring (bicyclic) bond motifs is 1. The van der Waals surface area contributed by atoms with Gasteiger partial charge in [-0.1, -0.05) is 6.07 Å². The normalized spacial score (nSPS) is 18.9. The predicted octanol–water partition coefficient (Wildman–Crippen LogP) is 3.89. The molecule has 5 heterocycles. The van der Waals surface area contributed by atoms with E-state index in [9.17, 15) is 18.4 Å². The average molecular weight is 557 g/mol. The van der Waals surface area contributed by atoms with Crippen LogP contribution in [0.5, 0.6) is 0 Å². The first-order valence-corrected chi connectivity index (χ1v) is 13.6. The van der Waals surface area contributed by atoms with Crippen molar-refractivity contribution in [3.8, 4) is 11.4 Å². The van der Waals surface area contributed by atoms with Gasteiger partial charge in [-0.15, -0.1) is 0 Å². The highest BCUT2D eigenvalue weighted by Crippen LogP contribution is 2.24. The number of amides is 1. The van der Waals surface area contributed by atoms with Gasteiger partial charge in [0.15, 0.2) is 0 Å². The minimum atomic E-state index is -2.83. The van der Waals surface area contributed by atoms with Gasteiger partial charge in [0.25, 0.3) is 5.91 Å². The number of carbonyl (C=O) groups excluding carboxylic acids is 2. The molecule has 0 spiro atoms. The summed E-state index contributed by atoms with van der Waals surface area (Å²) in [5.41, 5.74) is 7.68. The van der Waals surface area contributed by atoms with Crippen LogP contribution in [-0.4, -0.2) is 83.9 Å². The molecule has 1 amide bonds. The summed E-state index contributed by atoms with van der Waals surface area (Å²) in [6.07, 6.45) is 3.21. The number of ether oxygens (including phenoxy) is 1. The van der Waals surface area contributed by atoms with Crippen LogP contribution < -0.4 is 10.6 Å². The summed E-state index contributed by atoms with van der Waals surface area (Å²) in [4.78, 5) is 38.8. The van der Waals surface area contributed by atoms with Crippen molar-refractivity contribution in [2.75, 3.05) is 38.1 Å². The van der Waals surface area contributed by atoms with Crippen molar-refractivity contribution in [3.63, 3.8) is 0 Å². The third-order valence-electron chi connectivity index (χ3n) is 6.52. The molecular formula is C29H38F2N6O3. The number of hydrogen-bond donors (Lipinski definition) is 1.